The topological polar surface area (TPSA) is 99.3 Å². The van der Waals surface area contributed by atoms with Crippen LogP contribution in [0.2, 0.25) is 0 Å². The van der Waals surface area contributed by atoms with E-state index in [9.17, 15) is 4.79 Å². The van der Waals surface area contributed by atoms with Gasteiger partial charge in [-0.25, -0.2) is 9.78 Å². The van der Waals surface area contributed by atoms with E-state index in [0.717, 1.165) is 54.8 Å². The average Bonchev–Trinajstić information content (AvgIpc) is 3.63. The monoisotopic (exact) mass is 461 g/mol. The minimum absolute atomic E-state index is 0.123. The first-order valence-electron chi connectivity index (χ1n) is 12.5. The lowest BCUT2D eigenvalue weighted by atomic mass is 9.91. The molecule has 4 fully saturated rings. The molecule has 1 aromatic carbocycles. The SMILES string of the molecule is CCCCOC(=O)N1CC2CCC1CN2c1nc(Nc2cc(C3CC3)[nH]n2)c2ccccc2n1. The van der Waals surface area contributed by atoms with Gasteiger partial charge in [0.1, 0.15) is 5.82 Å². The zero-order chi connectivity index (χ0) is 23.1. The normalized spacial score (nSPS) is 21.8. The third-order valence-electron chi connectivity index (χ3n) is 7.20. The summed E-state index contributed by atoms with van der Waals surface area (Å²) in [5.74, 6) is 2.85. The number of nitrogens with zero attached hydrogens (tertiary/aromatic N) is 5. The van der Waals surface area contributed by atoms with E-state index in [1.54, 1.807) is 0 Å². The van der Waals surface area contributed by atoms with E-state index in [0.29, 0.717) is 25.0 Å². The van der Waals surface area contributed by atoms with E-state index in [1.807, 2.05) is 29.2 Å². The molecule has 34 heavy (non-hydrogen) atoms. The Bertz CT molecular complexity index is 1190. The zero-order valence-corrected chi connectivity index (χ0v) is 19.5. The van der Waals surface area contributed by atoms with Gasteiger partial charge in [-0.05, 0) is 44.2 Å². The maximum Gasteiger partial charge on any atom is 0.410 e. The number of aromatic nitrogens is 4. The smallest absolute Gasteiger partial charge is 0.410 e. The lowest BCUT2D eigenvalue weighted by molar-refractivity contribution is 0.0533. The van der Waals surface area contributed by atoms with Crippen LogP contribution in [-0.2, 0) is 4.74 Å². The van der Waals surface area contributed by atoms with Crippen LogP contribution in [0.4, 0.5) is 22.4 Å². The van der Waals surface area contributed by atoms with Crippen LogP contribution < -0.4 is 10.2 Å². The number of carbonyl (C=O) groups excluding carboxylic acids is 1. The minimum atomic E-state index is -0.186. The van der Waals surface area contributed by atoms with Gasteiger partial charge in [0.15, 0.2) is 5.82 Å². The number of rotatable bonds is 7. The second-order valence-corrected chi connectivity index (χ2v) is 9.65. The zero-order valence-electron chi connectivity index (χ0n) is 19.5. The molecule has 2 bridgehead atoms. The quantitative estimate of drug-likeness (QED) is 0.498. The van der Waals surface area contributed by atoms with Crippen molar-refractivity contribution in [2.45, 2.75) is 63.5 Å². The van der Waals surface area contributed by atoms with Crippen molar-refractivity contribution in [2.24, 2.45) is 0 Å². The Morgan fingerprint density at radius 3 is 2.79 bits per heavy atom. The predicted octanol–water partition coefficient (Wildman–Crippen LogP) is 4.56. The number of aromatic amines is 1. The van der Waals surface area contributed by atoms with Crippen LogP contribution in [0.3, 0.4) is 0 Å². The highest BCUT2D eigenvalue weighted by atomic mass is 16.6. The molecular formula is C25H31N7O2. The van der Waals surface area contributed by atoms with Crippen LogP contribution in [0.1, 0.15) is 57.1 Å². The molecule has 1 amide bonds. The van der Waals surface area contributed by atoms with Crippen molar-refractivity contribution in [1.82, 2.24) is 25.1 Å². The number of piperidine rings is 2. The fourth-order valence-electron chi connectivity index (χ4n) is 5.10. The molecular weight excluding hydrogens is 430 g/mol. The predicted molar refractivity (Wildman–Crippen MR) is 131 cm³/mol. The fourth-order valence-corrected chi connectivity index (χ4v) is 5.10. The standard InChI is InChI=1S/C25H31N7O2/c1-2-3-12-34-25(33)32-15-17-10-11-18(32)14-31(17)24-26-20-7-5-4-6-19(20)23(28-24)27-22-13-21(29-30-22)16-8-9-16/h4-7,13,16-18H,2-3,8-12,14-15H2,1H3,(H2,26,27,28,29,30). The highest BCUT2D eigenvalue weighted by molar-refractivity contribution is 5.91. The highest BCUT2D eigenvalue weighted by Gasteiger charge is 2.43. The Kier molecular flexibility index (Phi) is 5.47. The highest BCUT2D eigenvalue weighted by Crippen LogP contribution is 2.40. The van der Waals surface area contributed by atoms with Crippen LogP contribution in [0.15, 0.2) is 30.3 Å². The van der Waals surface area contributed by atoms with Crippen LogP contribution in [0.25, 0.3) is 10.9 Å². The van der Waals surface area contributed by atoms with E-state index in [1.165, 1.54) is 18.5 Å². The van der Waals surface area contributed by atoms with Crippen LogP contribution in [-0.4, -0.2) is 62.9 Å². The van der Waals surface area contributed by atoms with Crippen molar-refractivity contribution in [2.75, 3.05) is 29.9 Å². The summed E-state index contributed by atoms with van der Waals surface area (Å²) in [4.78, 5) is 26.7. The second-order valence-electron chi connectivity index (χ2n) is 9.65. The summed E-state index contributed by atoms with van der Waals surface area (Å²) < 4.78 is 5.50. The lowest BCUT2D eigenvalue weighted by Gasteiger charge is -2.50. The van der Waals surface area contributed by atoms with E-state index >= 15 is 0 Å². The van der Waals surface area contributed by atoms with E-state index in [-0.39, 0.29) is 18.2 Å². The number of H-pyrrole nitrogens is 1. The summed E-state index contributed by atoms with van der Waals surface area (Å²) in [6.07, 6.45) is 6.19. The first-order valence-corrected chi connectivity index (χ1v) is 12.5. The molecule has 3 saturated heterocycles. The van der Waals surface area contributed by atoms with Crippen molar-refractivity contribution < 1.29 is 9.53 Å². The Morgan fingerprint density at radius 1 is 1.15 bits per heavy atom. The molecule has 4 aliphatic rings. The third kappa shape index (κ3) is 4.03. The van der Waals surface area contributed by atoms with Gasteiger partial charge >= 0.3 is 6.09 Å². The van der Waals surface area contributed by atoms with E-state index in [4.69, 9.17) is 14.7 Å². The Morgan fingerprint density at radius 2 is 2.00 bits per heavy atom. The summed E-state index contributed by atoms with van der Waals surface area (Å²) in [5.41, 5.74) is 2.07. The summed E-state index contributed by atoms with van der Waals surface area (Å²) in [5, 5.41) is 12.0. The number of anilines is 3. The number of unbranched alkanes of at least 4 members (excludes halogenated alkanes) is 1. The van der Waals surface area contributed by atoms with Gasteiger partial charge < -0.3 is 19.9 Å². The summed E-state index contributed by atoms with van der Waals surface area (Å²) in [7, 11) is 0. The molecule has 9 nitrogen and oxygen atoms in total. The molecule has 1 saturated carbocycles. The molecule has 3 aliphatic heterocycles. The number of carbonyl (C=O) groups is 1. The number of fused-ring (bicyclic) bond motifs is 4. The van der Waals surface area contributed by atoms with Crippen molar-refractivity contribution in [3.05, 3.63) is 36.0 Å². The van der Waals surface area contributed by atoms with Gasteiger partial charge in [0.2, 0.25) is 5.95 Å². The molecule has 178 valence electrons. The number of amides is 1. The number of piperazine rings is 1. The minimum Gasteiger partial charge on any atom is -0.449 e. The molecule has 1 aliphatic carbocycles. The van der Waals surface area contributed by atoms with Gasteiger partial charge in [-0.15, -0.1) is 0 Å². The van der Waals surface area contributed by atoms with Gasteiger partial charge in [-0.1, -0.05) is 25.5 Å². The molecule has 2 aromatic heterocycles. The first kappa shape index (κ1) is 21.2. The van der Waals surface area contributed by atoms with Gasteiger partial charge in [0.05, 0.1) is 18.2 Å². The molecule has 0 radical (unpaired) electrons. The number of hydrogen-bond donors (Lipinski definition) is 2. The molecule has 2 atom stereocenters. The maximum atomic E-state index is 12.6. The third-order valence-corrected chi connectivity index (χ3v) is 7.20. The Hall–Kier alpha value is -3.36. The number of ether oxygens (including phenoxy) is 1. The van der Waals surface area contributed by atoms with Crippen LogP contribution in [0, 0.1) is 0 Å². The molecule has 3 aromatic rings. The number of hydrogen-bond acceptors (Lipinski definition) is 7. The molecule has 5 heterocycles. The first-order chi connectivity index (χ1) is 16.7. The second kappa shape index (κ2) is 8.77. The van der Waals surface area contributed by atoms with Crippen molar-refractivity contribution in [3.63, 3.8) is 0 Å². The van der Waals surface area contributed by atoms with Gasteiger partial charge in [0.25, 0.3) is 0 Å². The van der Waals surface area contributed by atoms with Crippen molar-refractivity contribution in [3.8, 4) is 0 Å². The van der Waals surface area contributed by atoms with Gasteiger partial charge in [0, 0.05) is 42.2 Å². The number of nitrogens with one attached hydrogen (secondary N) is 2. The largest absolute Gasteiger partial charge is 0.449 e. The summed E-state index contributed by atoms with van der Waals surface area (Å²) >= 11 is 0. The molecule has 7 rings (SSSR count). The number of benzene rings is 1. The van der Waals surface area contributed by atoms with E-state index < -0.39 is 0 Å². The fraction of sp³-hybridized carbons (Fsp3) is 0.520. The van der Waals surface area contributed by atoms with Crippen molar-refractivity contribution >= 4 is 34.6 Å². The summed E-state index contributed by atoms with van der Waals surface area (Å²) in [6, 6.07) is 10.4. The van der Waals surface area contributed by atoms with E-state index in [2.05, 4.69) is 33.4 Å². The van der Waals surface area contributed by atoms with Gasteiger partial charge in [-0.2, -0.15) is 10.1 Å². The van der Waals surface area contributed by atoms with Crippen molar-refractivity contribution in [1.29, 1.82) is 0 Å². The Labute approximate surface area is 198 Å². The molecule has 2 N–H and O–H groups in total. The van der Waals surface area contributed by atoms with Crippen LogP contribution in [0.5, 0.6) is 0 Å². The maximum absolute atomic E-state index is 12.6. The average molecular weight is 462 g/mol. The Balaban J connectivity index is 1.25. The summed E-state index contributed by atoms with van der Waals surface area (Å²) in [6.45, 7) is 3.96. The van der Waals surface area contributed by atoms with Gasteiger partial charge in [-0.3, -0.25) is 5.10 Å². The lowest BCUT2D eigenvalue weighted by Crippen LogP contribution is -2.64. The number of para-hydroxylation sites is 1. The van der Waals surface area contributed by atoms with Crippen LogP contribution >= 0.6 is 0 Å². The molecule has 9 heteroatoms. The molecule has 0 spiro atoms. The molecule has 2 unspecified atom stereocenters.